The van der Waals surface area contributed by atoms with Crippen molar-refractivity contribution in [3.05, 3.63) is 0 Å². The fourth-order valence-corrected chi connectivity index (χ4v) is 2.12. The SMILES string of the molecule is CC1CNCCN1.CCN(C(C)C)C(C)C. The number of nitrogens with one attached hydrogen (secondary N) is 2. The number of nitrogens with zero attached hydrogens (tertiary/aromatic N) is 1. The minimum absolute atomic E-state index is 0.675. The van der Waals surface area contributed by atoms with E-state index < -0.39 is 0 Å². The second-order valence-electron chi connectivity index (χ2n) is 5.08. The van der Waals surface area contributed by atoms with Gasteiger partial charge in [0.15, 0.2) is 0 Å². The average Bonchev–Trinajstić information content (AvgIpc) is 2.19. The van der Waals surface area contributed by atoms with Gasteiger partial charge in [-0.1, -0.05) is 6.92 Å². The second-order valence-corrected chi connectivity index (χ2v) is 5.08. The highest BCUT2D eigenvalue weighted by atomic mass is 15.2. The van der Waals surface area contributed by atoms with Gasteiger partial charge in [0.1, 0.15) is 0 Å². The van der Waals surface area contributed by atoms with Crippen molar-refractivity contribution in [3.8, 4) is 0 Å². The standard InChI is InChI=1S/C8H19N.C5H12N2/c1-6-9(7(2)3)8(4)5;1-5-4-6-2-3-7-5/h7-8H,6H2,1-5H3;5-7H,2-4H2,1H3. The fraction of sp³-hybridized carbons (Fsp3) is 1.00. The maximum absolute atomic E-state index is 3.32. The van der Waals surface area contributed by atoms with Gasteiger partial charge in [-0.05, 0) is 41.2 Å². The Bertz CT molecular complexity index is 143. The number of piperazine rings is 1. The van der Waals surface area contributed by atoms with Gasteiger partial charge < -0.3 is 10.6 Å². The summed E-state index contributed by atoms with van der Waals surface area (Å²) in [5, 5.41) is 6.59. The van der Waals surface area contributed by atoms with Crippen LogP contribution < -0.4 is 10.6 Å². The molecule has 0 bridgehead atoms. The summed E-state index contributed by atoms with van der Waals surface area (Å²) in [4.78, 5) is 2.46. The van der Waals surface area contributed by atoms with E-state index in [9.17, 15) is 0 Å². The molecule has 98 valence electrons. The van der Waals surface area contributed by atoms with Gasteiger partial charge >= 0.3 is 0 Å². The fourth-order valence-electron chi connectivity index (χ4n) is 2.12. The molecule has 1 fully saturated rings. The first-order valence-electron chi connectivity index (χ1n) is 6.68. The Labute approximate surface area is 102 Å². The molecule has 0 aromatic heterocycles. The molecule has 16 heavy (non-hydrogen) atoms. The summed E-state index contributed by atoms with van der Waals surface area (Å²) in [6.45, 7) is 17.9. The summed E-state index contributed by atoms with van der Waals surface area (Å²) in [6.07, 6.45) is 0. The summed E-state index contributed by atoms with van der Waals surface area (Å²) < 4.78 is 0. The maximum atomic E-state index is 3.32. The lowest BCUT2D eigenvalue weighted by Crippen LogP contribution is -2.46. The van der Waals surface area contributed by atoms with Crippen LogP contribution in [0.3, 0.4) is 0 Å². The Morgan fingerprint density at radius 3 is 1.81 bits per heavy atom. The zero-order valence-corrected chi connectivity index (χ0v) is 12.0. The van der Waals surface area contributed by atoms with Crippen LogP contribution in [0.4, 0.5) is 0 Å². The van der Waals surface area contributed by atoms with Crippen LogP contribution in [0.15, 0.2) is 0 Å². The maximum Gasteiger partial charge on any atom is 0.0164 e. The summed E-state index contributed by atoms with van der Waals surface area (Å²) in [5.74, 6) is 0. The average molecular weight is 229 g/mol. The van der Waals surface area contributed by atoms with Crippen molar-refractivity contribution in [2.75, 3.05) is 26.2 Å². The van der Waals surface area contributed by atoms with Crippen LogP contribution in [-0.4, -0.2) is 49.2 Å². The third kappa shape index (κ3) is 7.20. The van der Waals surface area contributed by atoms with E-state index >= 15 is 0 Å². The van der Waals surface area contributed by atoms with Gasteiger partial charge in [0.05, 0.1) is 0 Å². The molecule has 0 aromatic rings. The molecule has 1 saturated heterocycles. The van der Waals surface area contributed by atoms with E-state index in [0.29, 0.717) is 18.1 Å². The van der Waals surface area contributed by atoms with Crippen LogP contribution in [0.25, 0.3) is 0 Å². The smallest absolute Gasteiger partial charge is 0.0164 e. The highest BCUT2D eigenvalue weighted by molar-refractivity contribution is 4.69. The molecule has 3 heteroatoms. The van der Waals surface area contributed by atoms with Crippen molar-refractivity contribution in [2.45, 2.75) is 59.7 Å². The molecule has 0 spiro atoms. The van der Waals surface area contributed by atoms with Crippen molar-refractivity contribution in [2.24, 2.45) is 0 Å². The van der Waals surface area contributed by atoms with Gasteiger partial charge in [0.25, 0.3) is 0 Å². The van der Waals surface area contributed by atoms with Gasteiger partial charge in [0.2, 0.25) is 0 Å². The highest BCUT2D eigenvalue weighted by Gasteiger charge is 2.09. The Morgan fingerprint density at radius 1 is 1.12 bits per heavy atom. The van der Waals surface area contributed by atoms with Gasteiger partial charge in [-0.15, -0.1) is 0 Å². The van der Waals surface area contributed by atoms with E-state index in [0.717, 1.165) is 26.2 Å². The topological polar surface area (TPSA) is 27.3 Å². The molecule has 1 aliphatic heterocycles. The monoisotopic (exact) mass is 229 g/mol. The second kappa shape index (κ2) is 8.97. The molecule has 1 aliphatic rings. The van der Waals surface area contributed by atoms with Gasteiger partial charge in [-0.25, -0.2) is 0 Å². The molecule has 1 unspecified atom stereocenters. The molecule has 0 amide bonds. The van der Waals surface area contributed by atoms with Crippen LogP contribution in [-0.2, 0) is 0 Å². The van der Waals surface area contributed by atoms with Gasteiger partial charge in [-0.3, -0.25) is 4.90 Å². The molecule has 2 N–H and O–H groups in total. The summed E-state index contributed by atoms with van der Waals surface area (Å²) >= 11 is 0. The van der Waals surface area contributed by atoms with Gasteiger partial charge in [0, 0.05) is 37.8 Å². The van der Waals surface area contributed by atoms with Crippen LogP contribution in [0.5, 0.6) is 0 Å². The number of hydrogen-bond acceptors (Lipinski definition) is 3. The number of rotatable bonds is 3. The predicted octanol–water partition coefficient (Wildman–Crippen LogP) is 1.69. The summed E-state index contributed by atoms with van der Waals surface area (Å²) in [7, 11) is 0. The van der Waals surface area contributed by atoms with E-state index in [1.807, 2.05) is 0 Å². The zero-order chi connectivity index (χ0) is 12.6. The van der Waals surface area contributed by atoms with Crippen molar-refractivity contribution in [1.82, 2.24) is 15.5 Å². The van der Waals surface area contributed by atoms with E-state index in [-0.39, 0.29) is 0 Å². The normalized spacial score (nSPS) is 21.2. The van der Waals surface area contributed by atoms with Crippen molar-refractivity contribution in [1.29, 1.82) is 0 Å². The van der Waals surface area contributed by atoms with Crippen molar-refractivity contribution >= 4 is 0 Å². The lowest BCUT2D eigenvalue weighted by Gasteiger charge is -2.28. The van der Waals surface area contributed by atoms with E-state index in [2.05, 4.69) is 57.1 Å². The minimum Gasteiger partial charge on any atom is -0.314 e. The predicted molar refractivity (Wildman–Crippen MR) is 73.0 cm³/mol. The van der Waals surface area contributed by atoms with Crippen LogP contribution in [0.1, 0.15) is 41.5 Å². The molecular formula is C13H31N3. The molecule has 1 heterocycles. The van der Waals surface area contributed by atoms with Crippen LogP contribution >= 0.6 is 0 Å². The first-order valence-corrected chi connectivity index (χ1v) is 6.68. The zero-order valence-electron chi connectivity index (χ0n) is 12.0. The first kappa shape index (κ1) is 15.9. The lowest BCUT2D eigenvalue weighted by atomic mass is 10.2. The van der Waals surface area contributed by atoms with E-state index in [4.69, 9.17) is 0 Å². The third-order valence-electron chi connectivity index (χ3n) is 2.94. The Hall–Kier alpha value is -0.120. The van der Waals surface area contributed by atoms with Crippen LogP contribution in [0.2, 0.25) is 0 Å². The van der Waals surface area contributed by atoms with Gasteiger partial charge in [-0.2, -0.15) is 0 Å². The Morgan fingerprint density at radius 2 is 1.69 bits per heavy atom. The Kier molecular flexibility index (Phi) is 8.90. The van der Waals surface area contributed by atoms with E-state index in [1.54, 1.807) is 0 Å². The van der Waals surface area contributed by atoms with E-state index in [1.165, 1.54) is 0 Å². The minimum atomic E-state index is 0.675. The molecule has 0 aliphatic carbocycles. The first-order chi connectivity index (χ1) is 7.49. The molecule has 0 aromatic carbocycles. The largest absolute Gasteiger partial charge is 0.314 e. The quantitative estimate of drug-likeness (QED) is 0.771. The van der Waals surface area contributed by atoms with Crippen LogP contribution in [0, 0.1) is 0 Å². The number of hydrogen-bond donors (Lipinski definition) is 2. The van der Waals surface area contributed by atoms with Crippen molar-refractivity contribution < 1.29 is 0 Å². The molecular weight excluding hydrogens is 198 g/mol. The molecule has 0 saturated carbocycles. The lowest BCUT2D eigenvalue weighted by molar-refractivity contribution is 0.185. The summed E-state index contributed by atoms with van der Waals surface area (Å²) in [5.41, 5.74) is 0. The molecule has 1 atom stereocenters. The molecule has 1 rings (SSSR count). The highest BCUT2D eigenvalue weighted by Crippen LogP contribution is 2.02. The third-order valence-corrected chi connectivity index (χ3v) is 2.94. The summed E-state index contributed by atoms with van der Waals surface area (Å²) in [6, 6.07) is 2.05. The molecule has 0 radical (unpaired) electrons. The molecule has 3 nitrogen and oxygen atoms in total. The van der Waals surface area contributed by atoms with Crippen molar-refractivity contribution in [3.63, 3.8) is 0 Å². The Balaban J connectivity index is 0.000000288.